The number of carboxylic acids is 1. The van der Waals surface area contributed by atoms with Gasteiger partial charge < -0.3 is 27.2 Å². The van der Waals surface area contributed by atoms with E-state index in [0.29, 0.717) is 44.4 Å². The van der Waals surface area contributed by atoms with Gasteiger partial charge in [0.25, 0.3) is 0 Å². The summed E-state index contributed by atoms with van der Waals surface area (Å²) < 4.78 is 0. The molecule has 3 atom stereocenters. The third-order valence-electron chi connectivity index (χ3n) is 4.44. The van der Waals surface area contributed by atoms with Crippen molar-refractivity contribution in [3.8, 4) is 0 Å². The van der Waals surface area contributed by atoms with Gasteiger partial charge in [0.15, 0.2) is 0 Å². The van der Waals surface area contributed by atoms with E-state index in [1.807, 2.05) is 36.6 Å². The number of aliphatic carboxylic acids is 1. The molecule has 0 aliphatic rings. The lowest BCUT2D eigenvalue weighted by Crippen LogP contribution is -2.54. The summed E-state index contributed by atoms with van der Waals surface area (Å²) in [4.78, 5) is 36.6. The fourth-order valence-corrected chi connectivity index (χ4v) is 3.24. The van der Waals surface area contributed by atoms with E-state index in [1.54, 1.807) is 0 Å². The molecule has 0 bridgehead atoms. The number of amides is 2. The standard InChI is InChI=1S/C20H32N4O4S/c1-29-12-10-17(20(27)28)24-19(26)16(9-5-6-11-21)23-18(25)15(22)13-14-7-3-2-4-8-14/h2-4,7-8,15-17H,5-6,9-13,21-22H2,1H3,(H,23,25)(H,24,26)(H,27,28)/t15-,16-,17-/m0/s1. The van der Waals surface area contributed by atoms with E-state index in [0.717, 1.165) is 5.56 Å². The van der Waals surface area contributed by atoms with Crippen LogP contribution in [0.1, 0.15) is 31.2 Å². The highest BCUT2D eigenvalue weighted by Gasteiger charge is 2.27. The molecule has 0 aliphatic carbocycles. The maximum absolute atomic E-state index is 12.7. The molecule has 1 aromatic carbocycles. The van der Waals surface area contributed by atoms with Crippen LogP contribution in [0.2, 0.25) is 0 Å². The van der Waals surface area contributed by atoms with Gasteiger partial charge in [0.2, 0.25) is 11.8 Å². The average molecular weight is 425 g/mol. The van der Waals surface area contributed by atoms with Crippen LogP contribution in [-0.2, 0) is 20.8 Å². The Morgan fingerprint density at radius 2 is 1.69 bits per heavy atom. The molecule has 0 fully saturated rings. The van der Waals surface area contributed by atoms with E-state index in [2.05, 4.69) is 10.6 Å². The van der Waals surface area contributed by atoms with Crippen LogP contribution >= 0.6 is 11.8 Å². The van der Waals surface area contributed by atoms with E-state index >= 15 is 0 Å². The molecule has 0 aromatic heterocycles. The number of unbranched alkanes of at least 4 members (excludes halogenated alkanes) is 1. The van der Waals surface area contributed by atoms with Gasteiger partial charge in [0.05, 0.1) is 6.04 Å². The van der Waals surface area contributed by atoms with Gasteiger partial charge in [-0.2, -0.15) is 11.8 Å². The van der Waals surface area contributed by atoms with Gasteiger partial charge in [-0.1, -0.05) is 30.3 Å². The quantitative estimate of drug-likeness (QED) is 0.273. The predicted octanol–water partition coefficient (Wildman–Crippen LogP) is 0.493. The van der Waals surface area contributed by atoms with E-state index < -0.39 is 35.9 Å². The van der Waals surface area contributed by atoms with Crippen LogP contribution in [0, 0.1) is 0 Å². The SMILES string of the molecule is CSCC[C@H](NC(=O)[C@H](CCCCN)NC(=O)[C@@H](N)Cc1ccccc1)C(=O)O. The minimum atomic E-state index is -1.10. The van der Waals surface area contributed by atoms with E-state index in [-0.39, 0.29) is 0 Å². The molecule has 0 saturated carbocycles. The molecular formula is C20H32N4O4S. The Morgan fingerprint density at radius 1 is 1.03 bits per heavy atom. The van der Waals surface area contributed by atoms with Crippen LogP contribution in [0.4, 0.5) is 0 Å². The Bertz CT molecular complexity index is 645. The molecule has 2 amide bonds. The summed E-state index contributed by atoms with van der Waals surface area (Å²) in [5.74, 6) is -1.46. The molecule has 0 spiro atoms. The number of hydrogen-bond acceptors (Lipinski definition) is 6. The number of hydrogen-bond donors (Lipinski definition) is 5. The summed E-state index contributed by atoms with van der Waals surface area (Å²) in [6.07, 6.45) is 4.21. The van der Waals surface area contributed by atoms with Gasteiger partial charge in [0.1, 0.15) is 12.1 Å². The van der Waals surface area contributed by atoms with Crippen LogP contribution in [0.3, 0.4) is 0 Å². The monoisotopic (exact) mass is 424 g/mol. The van der Waals surface area contributed by atoms with Crippen molar-refractivity contribution in [3.05, 3.63) is 35.9 Å². The van der Waals surface area contributed by atoms with Gasteiger partial charge >= 0.3 is 5.97 Å². The van der Waals surface area contributed by atoms with Crippen LogP contribution in [0.5, 0.6) is 0 Å². The molecule has 1 aromatic rings. The molecular weight excluding hydrogens is 392 g/mol. The smallest absolute Gasteiger partial charge is 0.326 e. The summed E-state index contributed by atoms with van der Waals surface area (Å²) in [6.45, 7) is 0.473. The molecule has 162 valence electrons. The average Bonchev–Trinajstić information content (AvgIpc) is 2.70. The van der Waals surface area contributed by atoms with Crippen molar-refractivity contribution in [1.29, 1.82) is 0 Å². The molecule has 7 N–H and O–H groups in total. The van der Waals surface area contributed by atoms with Crippen molar-refractivity contribution in [3.63, 3.8) is 0 Å². The number of nitrogens with one attached hydrogen (secondary N) is 2. The van der Waals surface area contributed by atoms with Gasteiger partial charge in [-0.15, -0.1) is 0 Å². The van der Waals surface area contributed by atoms with Gasteiger partial charge in [-0.25, -0.2) is 4.79 Å². The second-order valence-electron chi connectivity index (χ2n) is 6.82. The maximum atomic E-state index is 12.7. The zero-order valence-corrected chi connectivity index (χ0v) is 17.6. The summed E-state index contributed by atoms with van der Waals surface area (Å²) >= 11 is 1.50. The second kappa shape index (κ2) is 14.0. The third kappa shape index (κ3) is 9.78. The number of benzene rings is 1. The number of rotatable bonds is 14. The van der Waals surface area contributed by atoms with E-state index in [9.17, 15) is 19.5 Å². The summed E-state index contributed by atoms with van der Waals surface area (Å²) in [5.41, 5.74) is 12.4. The lowest BCUT2D eigenvalue weighted by Gasteiger charge is -2.23. The fourth-order valence-electron chi connectivity index (χ4n) is 2.77. The van der Waals surface area contributed by atoms with E-state index in [4.69, 9.17) is 11.5 Å². The molecule has 1 rings (SSSR count). The predicted molar refractivity (Wildman–Crippen MR) is 116 cm³/mol. The van der Waals surface area contributed by atoms with Gasteiger partial charge in [-0.3, -0.25) is 9.59 Å². The minimum absolute atomic E-state index is 0.305. The first-order valence-electron chi connectivity index (χ1n) is 9.71. The molecule has 0 aliphatic heterocycles. The Morgan fingerprint density at radius 3 is 2.28 bits per heavy atom. The van der Waals surface area contributed by atoms with Crippen molar-refractivity contribution < 1.29 is 19.5 Å². The molecule has 9 heteroatoms. The highest BCUT2D eigenvalue weighted by molar-refractivity contribution is 7.98. The van der Waals surface area contributed by atoms with Crippen molar-refractivity contribution in [2.45, 2.75) is 50.2 Å². The first-order chi connectivity index (χ1) is 13.9. The Kier molecular flexibility index (Phi) is 12.0. The highest BCUT2D eigenvalue weighted by Crippen LogP contribution is 2.07. The summed E-state index contributed by atoms with van der Waals surface area (Å²) in [6, 6.07) is 6.70. The normalized spacial score (nSPS) is 13.9. The first-order valence-corrected chi connectivity index (χ1v) is 11.1. The van der Waals surface area contributed by atoms with E-state index in [1.165, 1.54) is 11.8 Å². The topological polar surface area (TPSA) is 148 Å². The Balaban J connectivity index is 2.74. The van der Waals surface area contributed by atoms with Gasteiger partial charge in [-0.05, 0) is 56.2 Å². The molecule has 0 saturated heterocycles. The maximum Gasteiger partial charge on any atom is 0.326 e. The largest absolute Gasteiger partial charge is 0.480 e. The molecule has 8 nitrogen and oxygen atoms in total. The minimum Gasteiger partial charge on any atom is -0.480 e. The van der Waals surface area contributed by atoms with Crippen molar-refractivity contribution in [2.24, 2.45) is 11.5 Å². The van der Waals surface area contributed by atoms with Crippen LogP contribution in [-0.4, -0.2) is 59.6 Å². The zero-order chi connectivity index (χ0) is 21.6. The molecule has 0 radical (unpaired) electrons. The Hall–Kier alpha value is -2.10. The fraction of sp³-hybridized carbons (Fsp3) is 0.550. The zero-order valence-electron chi connectivity index (χ0n) is 16.8. The lowest BCUT2D eigenvalue weighted by molar-refractivity contribution is -0.142. The number of carbonyl (C=O) groups is 3. The van der Waals surface area contributed by atoms with Crippen molar-refractivity contribution in [2.75, 3.05) is 18.6 Å². The van der Waals surface area contributed by atoms with Gasteiger partial charge in [0, 0.05) is 0 Å². The molecule has 0 heterocycles. The van der Waals surface area contributed by atoms with Crippen molar-refractivity contribution >= 4 is 29.5 Å². The summed E-state index contributed by atoms with van der Waals surface area (Å²) in [5, 5.41) is 14.5. The lowest BCUT2D eigenvalue weighted by atomic mass is 10.0. The Labute approximate surface area is 176 Å². The van der Waals surface area contributed by atoms with Crippen LogP contribution in [0.15, 0.2) is 30.3 Å². The van der Waals surface area contributed by atoms with Crippen LogP contribution < -0.4 is 22.1 Å². The number of thioether (sulfide) groups is 1. The third-order valence-corrected chi connectivity index (χ3v) is 5.08. The molecule has 0 unspecified atom stereocenters. The number of carboxylic acid groups (broad SMARTS) is 1. The summed E-state index contributed by atoms with van der Waals surface area (Å²) in [7, 11) is 0. The van der Waals surface area contributed by atoms with Crippen molar-refractivity contribution in [1.82, 2.24) is 10.6 Å². The van der Waals surface area contributed by atoms with Crippen LogP contribution in [0.25, 0.3) is 0 Å². The number of nitrogens with two attached hydrogens (primary N) is 2. The first kappa shape index (κ1) is 24.9. The second-order valence-corrected chi connectivity index (χ2v) is 7.81. The molecule has 29 heavy (non-hydrogen) atoms. The number of carbonyl (C=O) groups excluding carboxylic acids is 2. The highest BCUT2D eigenvalue weighted by atomic mass is 32.2.